The van der Waals surface area contributed by atoms with Gasteiger partial charge in [0.05, 0.1) is 10.0 Å². The summed E-state index contributed by atoms with van der Waals surface area (Å²) >= 11 is 12.4. The molecule has 0 radical (unpaired) electrons. The second-order valence-corrected chi connectivity index (χ2v) is 10.5. The molecule has 3 rings (SSSR count). The summed E-state index contributed by atoms with van der Waals surface area (Å²) < 4.78 is 5.90. The smallest absolute Gasteiger partial charge is 0.261 e. The molecule has 0 aliphatic rings. The maximum absolute atomic E-state index is 13.7. The Morgan fingerprint density at radius 1 is 0.892 bits per heavy atom. The number of ether oxygens (including phenoxy) is 1. The van der Waals surface area contributed by atoms with E-state index >= 15 is 0 Å². The number of nitrogens with one attached hydrogen (secondary N) is 1. The molecule has 1 atom stereocenters. The first-order valence-electron chi connectivity index (χ1n) is 12.4. The molecule has 5 nitrogen and oxygen atoms in total. The molecule has 0 aliphatic heterocycles. The van der Waals surface area contributed by atoms with Crippen molar-refractivity contribution in [3.05, 3.63) is 99.0 Å². The van der Waals surface area contributed by atoms with E-state index in [9.17, 15) is 9.59 Å². The Balaban J connectivity index is 1.93. The van der Waals surface area contributed by atoms with Crippen LogP contribution in [0, 0.1) is 19.8 Å². The second-order valence-electron chi connectivity index (χ2n) is 9.73. The SMILES string of the molecule is Cc1cc(C)cc(OCC(=O)N(Cc2ccc(Cl)c(Cl)c2)C(Cc2ccccc2)C(=O)NCC(C)C)c1. The highest BCUT2D eigenvalue weighted by Gasteiger charge is 2.31. The van der Waals surface area contributed by atoms with Crippen LogP contribution in [0.5, 0.6) is 5.75 Å². The first-order chi connectivity index (χ1) is 17.6. The van der Waals surface area contributed by atoms with E-state index in [1.165, 1.54) is 0 Å². The maximum atomic E-state index is 13.7. The summed E-state index contributed by atoms with van der Waals surface area (Å²) in [6, 6.07) is 20.0. The van der Waals surface area contributed by atoms with Crippen molar-refractivity contribution in [3.8, 4) is 5.75 Å². The molecule has 0 bridgehead atoms. The Morgan fingerprint density at radius 3 is 2.19 bits per heavy atom. The molecule has 1 unspecified atom stereocenters. The van der Waals surface area contributed by atoms with Crippen LogP contribution in [0.15, 0.2) is 66.7 Å². The number of benzene rings is 3. The molecule has 37 heavy (non-hydrogen) atoms. The molecule has 0 fully saturated rings. The molecule has 3 aromatic rings. The highest BCUT2D eigenvalue weighted by atomic mass is 35.5. The minimum absolute atomic E-state index is 0.179. The van der Waals surface area contributed by atoms with E-state index in [1.54, 1.807) is 17.0 Å². The lowest BCUT2D eigenvalue weighted by Crippen LogP contribution is -2.52. The summed E-state index contributed by atoms with van der Waals surface area (Å²) in [5.41, 5.74) is 3.81. The average Bonchev–Trinajstić information content (AvgIpc) is 2.85. The Labute approximate surface area is 229 Å². The summed E-state index contributed by atoms with van der Waals surface area (Å²) in [5.74, 6) is 0.376. The Hall–Kier alpha value is -3.02. The molecule has 196 valence electrons. The number of carbonyl (C=O) groups excluding carboxylic acids is 2. The summed E-state index contributed by atoms with van der Waals surface area (Å²) in [5, 5.41) is 3.83. The monoisotopic (exact) mass is 540 g/mol. The van der Waals surface area contributed by atoms with Gasteiger partial charge in [-0.15, -0.1) is 0 Å². The van der Waals surface area contributed by atoms with E-state index in [-0.39, 0.29) is 30.9 Å². The summed E-state index contributed by atoms with van der Waals surface area (Å²) in [6.45, 7) is 8.51. The average molecular weight is 542 g/mol. The molecular formula is C30H34Cl2N2O3. The van der Waals surface area contributed by atoms with E-state index in [0.717, 1.165) is 22.3 Å². The number of aryl methyl sites for hydroxylation is 2. The normalized spacial score (nSPS) is 11.8. The van der Waals surface area contributed by atoms with Crippen LogP contribution < -0.4 is 10.1 Å². The van der Waals surface area contributed by atoms with Gasteiger partial charge in [-0.1, -0.05) is 79.5 Å². The fourth-order valence-corrected chi connectivity index (χ4v) is 4.38. The molecule has 0 heterocycles. The van der Waals surface area contributed by atoms with Crippen LogP contribution in [0.2, 0.25) is 10.0 Å². The van der Waals surface area contributed by atoms with Gasteiger partial charge in [0.1, 0.15) is 11.8 Å². The molecule has 3 aromatic carbocycles. The van der Waals surface area contributed by atoms with Crippen molar-refractivity contribution in [1.29, 1.82) is 0 Å². The van der Waals surface area contributed by atoms with Crippen LogP contribution in [0.25, 0.3) is 0 Å². The third-order valence-electron chi connectivity index (χ3n) is 5.85. The second kappa shape index (κ2) is 13.5. The highest BCUT2D eigenvalue weighted by molar-refractivity contribution is 6.42. The van der Waals surface area contributed by atoms with Crippen molar-refractivity contribution in [3.63, 3.8) is 0 Å². The predicted octanol–water partition coefficient (Wildman–Crippen LogP) is 6.40. The number of carbonyl (C=O) groups is 2. The molecule has 0 aromatic heterocycles. The predicted molar refractivity (Wildman–Crippen MR) is 150 cm³/mol. The van der Waals surface area contributed by atoms with E-state index < -0.39 is 6.04 Å². The van der Waals surface area contributed by atoms with Crippen molar-refractivity contribution in [2.45, 2.75) is 46.7 Å². The van der Waals surface area contributed by atoms with Gasteiger partial charge in [-0.3, -0.25) is 9.59 Å². The van der Waals surface area contributed by atoms with Crippen molar-refractivity contribution in [2.75, 3.05) is 13.2 Å². The van der Waals surface area contributed by atoms with Crippen molar-refractivity contribution >= 4 is 35.0 Å². The fourth-order valence-electron chi connectivity index (χ4n) is 4.06. The van der Waals surface area contributed by atoms with Crippen molar-refractivity contribution in [2.24, 2.45) is 5.92 Å². The minimum Gasteiger partial charge on any atom is -0.484 e. The van der Waals surface area contributed by atoms with E-state index in [0.29, 0.717) is 28.8 Å². The molecule has 0 saturated heterocycles. The standard InChI is InChI=1S/C30H34Cl2N2O3/c1-20(2)17-33-30(36)28(16-23-8-6-5-7-9-23)34(18-24-10-11-26(31)27(32)15-24)29(35)19-37-25-13-21(3)12-22(4)14-25/h5-15,20,28H,16-19H2,1-4H3,(H,33,36). The van der Waals surface area contributed by atoms with Crippen molar-refractivity contribution in [1.82, 2.24) is 10.2 Å². The Bertz CT molecular complexity index is 1190. The number of rotatable bonds is 11. The van der Waals surface area contributed by atoms with E-state index in [4.69, 9.17) is 27.9 Å². The van der Waals surface area contributed by atoms with Crippen LogP contribution >= 0.6 is 23.2 Å². The topological polar surface area (TPSA) is 58.6 Å². The largest absolute Gasteiger partial charge is 0.484 e. The number of amides is 2. The quantitative estimate of drug-likeness (QED) is 0.306. The molecule has 7 heteroatoms. The van der Waals surface area contributed by atoms with Gasteiger partial charge in [-0.25, -0.2) is 0 Å². The molecular weight excluding hydrogens is 507 g/mol. The zero-order valence-corrected chi connectivity index (χ0v) is 23.3. The van der Waals surface area contributed by atoms with Gasteiger partial charge in [-0.2, -0.15) is 0 Å². The summed E-state index contributed by atoms with van der Waals surface area (Å²) in [6.07, 6.45) is 0.362. The Morgan fingerprint density at radius 2 is 1.57 bits per heavy atom. The number of hydrogen-bond donors (Lipinski definition) is 1. The fraction of sp³-hybridized carbons (Fsp3) is 0.333. The van der Waals surface area contributed by atoms with Crippen LogP contribution in [0.4, 0.5) is 0 Å². The lowest BCUT2D eigenvalue weighted by Gasteiger charge is -2.32. The molecule has 2 amide bonds. The number of hydrogen-bond acceptors (Lipinski definition) is 3. The number of nitrogens with zero attached hydrogens (tertiary/aromatic N) is 1. The number of halogens is 2. The third kappa shape index (κ3) is 8.80. The molecule has 1 N–H and O–H groups in total. The lowest BCUT2D eigenvalue weighted by molar-refractivity contribution is -0.142. The van der Waals surface area contributed by atoms with Gasteiger partial charge in [0.25, 0.3) is 5.91 Å². The van der Waals surface area contributed by atoms with Gasteiger partial charge in [0, 0.05) is 19.5 Å². The molecule has 0 spiro atoms. The van der Waals surface area contributed by atoms with Crippen LogP contribution in [-0.4, -0.2) is 35.9 Å². The first-order valence-corrected chi connectivity index (χ1v) is 13.1. The summed E-state index contributed by atoms with van der Waals surface area (Å²) in [7, 11) is 0. The van der Waals surface area contributed by atoms with Crippen LogP contribution in [0.3, 0.4) is 0 Å². The van der Waals surface area contributed by atoms with Crippen LogP contribution in [-0.2, 0) is 22.6 Å². The first kappa shape index (κ1) is 28.5. The highest BCUT2D eigenvalue weighted by Crippen LogP contribution is 2.24. The van der Waals surface area contributed by atoms with Gasteiger partial charge >= 0.3 is 0 Å². The Kier molecular flexibility index (Phi) is 10.4. The van der Waals surface area contributed by atoms with E-state index in [2.05, 4.69) is 5.32 Å². The van der Waals surface area contributed by atoms with E-state index in [1.807, 2.05) is 82.3 Å². The summed E-state index contributed by atoms with van der Waals surface area (Å²) in [4.78, 5) is 28.7. The van der Waals surface area contributed by atoms with Gasteiger partial charge in [0.2, 0.25) is 5.91 Å². The van der Waals surface area contributed by atoms with Gasteiger partial charge < -0.3 is 15.0 Å². The molecule has 0 saturated carbocycles. The molecule has 0 aliphatic carbocycles. The van der Waals surface area contributed by atoms with Crippen molar-refractivity contribution < 1.29 is 14.3 Å². The zero-order chi connectivity index (χ0) is 26.9. The minimum atomic E-state index is -0.744. The third-order valence-corrected chi connectivity index (χ3v) is 6.59. The van der Waals surface area contributed by atoms with Crippen LogP contribution in [0.1, 0.15) is 36.1 Å². The lowest BCUT2D eigenvalue weighted by atomic mass is 10.0. The van der Waals surface area contributed by atoms with Gasteiger partial charge in [0.15, 0.2) is 6.61 Å². The van der Waals surface area contributed by atoms with Gasteiger partial charge in [-0.05, 0) is 66.3 Å². The maximum Gasteiger partial charge on any atom is 0.261 e. The zero-order valence-electron chi connectivity index (χ0n) is 21.8.